The molecule has 25 heavy (non-hydrogen) atoms. The highest BCUT2D eigenvalue weighted by Crippen LogP contribution is 2.28. The molecule has 0 radical (unpaired) electrons. The number of rotatable bonds is 6. The summed E-state index contributed by atoms with van der Waals surface area (Å²) in [6.45, 7) is 0.0868. The normalized spacial score (nSPS) is 10.4. The van der Waals surface area contributed by atoms with Crippen molar-refractivity contribution in [3.05, 3.63) is 71.3 Å². The third-order valence-electron chi connectivity index (χ3n) is 3.90. The topological polar surface area (TPSA) is 72.8 Å². The van der Waals surface area contributed by atoms with Crippen LogP contribution in [0.2, 0.25) is 0 Å². The smallest absolute Gasteiger partial charge is 0.339 e. The molecule has 5 heteroatoms. The Morgan fingerprint density at radius 2 is 1.76 bits per heavy atom. The molecule has 3 aromatic carbocycles. The number of carboxylic acids is 1. The predicted molar refractivity (Wildman–Crippen MR) is 93.6 cm³/mol. The molecule has 0 aliphatic heterocycles. The van der Waals surface area contributed by atoms with Crippen molar-refractivity contribution in [2.45, 2.75) is 6.61 Å². The summed E-state index contributed by atoms with van der Waals surface area (Å²) in [7, 11) is 1.53. The first-order chi connectivity index (χ1) is 12.1. The molecule has 5 nitrogen and oxygen atoms in total. The van der Waals surface area contributed by atoms with Crippen LogP contribution in [0, 0.1) is 0 Å². The first kappa shape index (κ1) is 16.5. The molecule has 0 aliphatic carbocycles. The first-order valence-electron chi connectivity index (χ1n) is 7.63. The van der Waals surface area contributed by atoms with E-state index in [-0.39, 0.29) is 17.9 Å². The lowest BCUT2D eigenvalue weighted by molar-refractivity contribution is 0.0692. The van der Waals surface area contributed by atoms with E-state index in [0.29, 0.717) is 16.9 Å². The van der Waals surface area contributed by atoms with Gasteiger partial charge in [-0.2, -0.15) is 0 Å². The maximum Gasteiger partial charge on any atom is 0.339 e. The van der Waals surface area contributed by atoms with Gasteiger partial charge in [0.05, 0.1) is 7.11 Å². The zero-order chi connectivity index (χ0) is 17.8. The molecule has 0 heterocycles. The summed E-state index contributed by atoms with van der Waals surface area (Å²) in [6.07, 6.45) is 0.738. The van der Waals surface area contributed by atoms with Crippen molar-refractivity contribution >= 4 is 23.0 Å². The summed E-state index contributed by atoms with van der Waals surface area (Å²) in [5, 5.41) is 11.2. The fraction of sp³-hybridized carbons (Fsp3) is 0.100. The molecule has 1 N–H and O–H groups in total. The largest absolute Gasteiger partial charge is 0.496 e. The van der Waals surface area contributed by atoms with E-state index < -0.39 is 5.97 Å². The van der Waals surface area contributed by atoms with Gasteiger partial charge >= 0.3 is 5.97 Å². The Morgan fingerprint density at radius 3 is 2.40 bits per heavy atom. The molecule has 0 atom stereocenters. The van der Waals surface area contributed by atoms with Crippen molar-refractivity contribution in [1.29, 1.82) is 0 Å². The van der Waals surface area contributed by atoms with Crippen LogP contribution in [0.1, 0.15) is 26.3 Å². The lowest BCUT2D eigenvalue weighted by Crippen LogP contribution is -2.05. The van der Waals surface area contributed by atoms with Crippen LogP contribution in [0.4, 0.5) is 0 Å². The number of carboxylic acid groups (broad SMARTS) is 1. The van der Waals surface area contributed by atoms with Gasteiger partial charge < -0.3 is 14.6 Å². The first-order valence-corrected chi connectivity index (χ1v) is 7.63. The van der Waals surface area contributed by atoms with Gasteiger partial charge in [0.1, 0.15) is 30.0 Å². The van der Waals surface area contributed by atoms with Crippen LogP contribution in [-0.2, 0) is 6.61 Å². The highest BCUT2D eigenvalue weighted by atomic mass is 16.5. The standard InChI is InChI=1S/C20H16O5/c1-24-18-7-6-13(11-21)8-16(18)12-25-19-10-15-5-3-2-4-14(15)9-17(19)20(22)23/h2-11H,12H2,1H3,(H,22,23). The van der Waals surface area contributed by atoms with Gasteiger partial charge in [-0.1, -0.05) is 24.3 Å². The minimum Gasteiger partial charge on any atom is -0.496 e. The van der Waals surface area contributed by atoms with Crippen LogP contribution in [0.3, 0.4) is 0 Å². The van der Waals surface area contributed by atoms with E-state index in [2.05, 4.69) is 0 Å². The molecule has 0 saturated heterocycles. The summed E-state index contributed by atoms with van der Waals surface area (Å²) in [5.74, 6) is -0.220. The average molecular weight is 336 g/mol. The second-order valence-electron chi connectivity index (χ2n) is 5.48. The minimum atomic E-state index is -1.06. The van der Waals surface area contributed by atoms with Gasteiger partial charge in [0.15, 0.2) is 0 Å². The molecule has 0 amide bonds. The number of hydrogen-bond donors (Lipinski definition) is 1. The number of carbonyl (C=O) groups is 2. The molecule has 0 saturated carbocycles. The van der Waals surface area contributed by atoms with Crippen LogP contribution in [0.15, 0.2) is 54.6 Å². The minimum absolute atomic E-state index is 0.0868. The van der Waals surface area contributed by atoms with Crippen molar-refractivity contribution in [2.75, 3.05) is 7.11 Å². The van der Waals surface area contributed by atoms with E-state index in [9.17, 15) is 14.7 Å². The van der Waals surface area contributed by atoms with Crippen molar-refractivity contribution in [2.24, 2.45) is 0 Å². The zero-order valence-corrected chi connectivity index (χ0v) is 13.6. The van der Waals surface area contributed by atoms with Crippen molar-refractivity contribution in [3.63, 3.8) is 0 Å². The van der Waals surface area contributed by atoms with Gasteiger partial charge in [-0.25, -0.2) is 4.79 Å². The van der Waals surface area contributed by atoms with Crippen molar-refractivity contribution in [3.8, 4) is 11.5 Å². The molecule has 0 fully saturated rings. The van der Waals surface area contributed by atoms with Crippen molar-refractivity contribution < 1.29 is 24.2 Å². The second kappa shape index (κ2) is 7.05. The number of methoxy groups -OCH3 is 1. The predicted octanol–water partition coefficient (Wildman–Crippen LogP) is 3.94. The fourth-order valence-electron chi connectivity index (χ4n) is 2.65. The van der Waals surface area contributed by atoms with Gasteiger partial charge in [0.25, 0.3) is 0 Å². The summed E-state index contributed by atoms with van der Waals surface area (Å²) >= 11 is 0. The van der Waals surface area contributed by atoms with Gasteiger partial charge in [0.2, 0.25) is 0 Å². The highest BCUT2D eigenvalue weighted by Gasteiger charge is 2.14. The molecule has 0 aromatic heterocycles. The summed E-state index contributed by atoms with van der Waals surface area (Å²) < 4.78 is 11.0. The third-order valence-corrected chi connectivity index (χ3v) is 3.90. The molecule has 126 valence electrons. The third kappa shape index (κ3) is 3.45. The number of fused-ring (bicyclic) bond motifs is 1. The number of ether oxygens (including phenoxy) is 2. The fourth-order valence-corrected chi connectivity index (χ4v) is 2.65. The number of aromatic carboxylic acids is 1. The van der Waals surface area contributed by atoms with E-state index in [1.807, 2.05) is 24.3 Å². The van der Waals surface area contributed by atoms with Crippen LogP contribution in [0.5, 0.6) is 11.5 Å². The van der Waals surface area contributed by atoms with Gasteiger partial charge in [-0.3, -0.25) is 4.79 Å². The number of benzene rings is 3. The number of carbonyl (C=O) groups excluding carboxylic acids is 1. The molecule has 3 rings (SSSR count). The van der Waals surface area contributed by atoms with E-state index in [4.69, 9.17) is 9.47 Å². The molecule has 0 spiro atoms. The Bertz CT molecular complexity index is 946. The maximum atomic E-state index is 11.5. The van der Waals surface area contributed by atoms with Crippen LogP contribution in [0.25, 0.3) is 10.8 Å². The summed E-state index contributed by atoms with van der Waals surface area (Å²) in [5.41, 5.74) is 1.25. The SMILES string of the molecule is COc1ccc(C=O)cc1COc1cc2ccccc2cc1C(=O)O. The van der Waals surface area contributed by atoms with Gasteiger partial charge in [-0.05, 0) is 41.1 Å². The Balaban J connectivity index is 1.96. The summed E-state index contributed by atoms with van der Waals surface area (Å²) in [4.78, 5) is 22.5. The summed E-state index contributed by atoms with van der Waals surface area (Å²) in [6, 6.07) is 15.8. The van der Waals surface area contributed by atoms with Crippen LogP contribution < -0.4 is 9.47 Å². The molecule has 0 bridgehead atoms. The lowest BCUT2D eigenvalue weighted by atomic mass is 10.1. The maximum absolute atomic E-state index is 11.5. The zero-order valence-electron chi connectivity index (χ0n) is 13.6. The van der Waals surface area contributed by atoms with E-state index in [0.717, 1.165) is 17.1 Å². The molecule has 3 aromatic rings. The Kier molecular flexibility index (Phi) is 4.66. The van der Waals surface area contributed by atoms with Crippen LogP contribution in [-0.4, -0.2) is 24.5 Å². The number of hydrogen-bond acceptors (Lipinski definition) is 4. The van der Waals surface area contributed by atoms with Gasteiger partial charge in [-0.15, -0.1) is 0 Å². The monoisotopic (exact) mass is 336 g/mol. The van der Waals surface area contributed by atoms with E-state index in [1.165, 1.54) is 7.11 Å². The van der Waals surface area contributed by atoms with Gasteiger partial charge in [0, 0.05) is 11.1 Å². The molecule has 0 aliphatic rings. The van der Waals surface area contributed by atoms with Crippen molar-refractivity contribution in [1.82, 2.24) is 0 Å². The average Bonchev–Trinajstić information content (AvgIpc) is 2.65. The molecule has 0 unspecified atom stereocenters. The highest BCUT2D eigenvalue weighted by molar-refractivity contribution is 5.97. The molecular formula is C20H16O5. The quantitative estimate of drug-likeness (QED) is 0.690. The Hall–Kier alpha value is -3.34. The second-order valence-corrected chi connectivity index (χ2v) is 5.48. The van der Waals surface area contributed by atoms with E-state index in [1.54, 1.807) is 30.3 Å². The number of aldehydes is 1. The Morgan fingerprint density at radius 1 is 1.04 bits per heavy atom. The van der Waals surface area contributed by atoms with Crippen LogP contribution >= 0.6 is 0 Å². The Labute approximate surface area is 144 Å². The van der Waals surface area contributed by atoms with E-state index >= 15 is 0 Å². The lowest BCUT2D eigenvalue weighted by Gasteiger charge is -2.13. The molecular weight excluding hydrogens is 320 g/mol.